The van der Waals surface area contributed by atoms with E-state index < -0.39 is 6.10 Å². The van der Waals surface area contributed by atoms with Gasteiger partial charge in [-0.3, -0.25) is 4.90 Å². The maximum absolute atomic E-state index is 14.0. The highest BCUT2D eigenvalue weighted by molar-refractivity contribution is 6.08. The summed E-state index contributed by atoms with van der Waals surface area (Å²) in [5, 5.41) is 12.3. The summed E-state index contributed by atoms with van der Waals surface area (Å²) in [4.78, 5) is 2.37. The van der Waals surface area contributed by atoms with Gasteiger partial charge in [-0.25, -0.2) is 8.78 Å². The van der Waals surface area contributed by atoms with E-state index in [1.807, 2.05) is 18.2 Å². The van der Waals surface area contributed by atoms with E-state index >= 15 is 0 Å². The number of piperidine rings is 1. The summed E-state index contributed by atoms with van der Waals surface area (Å²) in [6.45, 7) is 3.64. The molecule has 0 saturated carbocycles. The van der Waals surface area contributed by atoms with Gasteiger partial charge in [-0.2, -0.15) is 0 Å². The Labute approximate surface area is 174 Å². The van der Waals surface area contributed by atoms with Gasteiger partial charge in [0, 0.05) is 40.9 Å². The minimum atomic E-state index is -0.530. The van der Waals surface area contributed by atoms with Crippen molar-refractivity contribution in [2.75, 3.05) is 13.1 Å². The average molecular weight is 406 g/mol. The van der Waals surface area contributed by atoms with Gasteiger partial charge in [-0.15, -0.1) is 0 Å². The van der Waals surface area contributed by atoms with Crippen LogP contribution >= 0.6 is 0 Å². The largest absolute Gasteiger partial charge is 0.391 e. The molecular formula is C25H24F2N2O. The molecule has 1 aliphatic rings. The van der Waals surface area contributed by atoms with Crippen molar-refractivity contribution in [3.05, 3.63) is 83.9 Å². The smallest absolute Gasteiger partial charge is 0.123 e. The van der Waals surface area contributed by atoms with Crippen molar-refractivity contribution in [3.63, 3.8) is 0 Å². The SMILES string of the molecule is CC(c1ccccc1)N1CC[C@@H](O)[C@H](n2c3ccc(F)cc3c3cc(F)ccc32)C1. The van der Waals surface area contributed by atoms with Crippen LogP contribution in [0.25, 0.3) is 21.8 Å². The van der Waals surface area contributed by atoms with E-state index in [0.717, 1.165) is 17.6 Å². The molecular weight excluding hydrogens is 382 g/mol. The van der Waals surface area contributed by atoms with E-state index in [1.54, 1.807) is 12.1 Å². The monoisotopic (exact) mass is 406 g/mol. The number of fused-ring (bicyclic) bond motifs is 3. The Hall–Kier alpha value is -2.76. The Bertz CT molecular complexity index is 1140. The van der Waals surface area contributed by atoms with E-state index in [-0.39, 0.29) is 23.7 Å². The van der Waals surface area contributed by atoms with Gasteiger partial charge >= 0.3 is 0 Å². The number of halogens is 2. The molecule has 1 saturated heterocycles. The van der Waals surface area contributed by atoms with Crippen molar-refractivity contribution in [2.45, 2.75) is 31.5 Å². The molecule has 1 fully saturated rings. The summed E-state index contributed by atoms with van der Waals surface area (Å²) < 4.78 is 30.0. The van der Waals surface area contributed by atoms with Crippen molar-refractivity contribution >= 4 is 21.8 Å². The van der Waals surface area contributed by atoms with Crippen LogP contribution < -0.4 is 0 Å². The zero-order valence-electron chi connectivity index (χ0n) is 16.8. The molecule has 3 aromatic carbocycles. The predicted molar refractivity (Wildman–Crippen MR) is 115 cm³/mol. The Morgan fingerprint density at radius 1 is 0.900 bits per heavy atom. The Morgan fingerprint density at radius 2 is 1.50 bits per heavy atom. The van der Waals surface area contributed by atoms with Gasteiger partial charge in [-0.1, -0.05) is 30.3 Å². The molecule has 3 nitrogen and oxygen atoms in total. The lowest BCUT2D eigenvalue weighted by atomic mass is 9.97. The molecule has 1 aliphatic heterocycles. The minimum absolute atomic E-state index is 0.208. The molecule has 0 aliphatic carbocycles. The quantitative estimate of drug-likeness (QED) is 0.491. The lowest BCUT2D eigenvalue weighted by Crippen LogP contribution is -2.45. The van der Waals surface area contributed by atoms with Crippen LogP contribution in [0, 0.1) is 11.6 Å². The van der Waals surface area contributed by atoms with Gasteiger partial charge in [0.15, 0.2) is 0 Å². The summed E-state index contributed by atoms with van der Waals surface area (Å²) in [7, 11) is 0. The van der Waals surface area contributed by atoms with Crippen LogP contribution in [0.1, 0.15) is 31.0 Å². The van der Waals surface area contributed by atoms with Crippen LogP contribution in [0.4, 0.5) is 8.78 Å². The molecule has 0 bridgehead atoms. The molecule has 5 rings (SSSR count). The lowest BCUT2D eigenvalue weighted by molar-refractivity contribution is 0.0211. The third-order valence-corrected chi connectivity index (χ3v) is 6.47. The van der Waals surface area contributed by atoms with Crippen molar-refractivity contribution < 1.29 is 13.9 Å². The topological polar surface area (TPSA) is 28.4 Å². The molecule has 3 atom stereocenters. The predicted octanol–water partition coefficient (Wildman–Crippen LogP) is 5.44. The first-order chi connectivity index (χ1) is 14.5. The zero-order chi connectivity index (χ0) is 20.8. The number of likely N-dealkylation sites (tertiary alicyclic amines) is 1. The fourth-order valence-electron chi connectivity index (χ4n) is 4.85. The van der Waals surface area contributed by atoms with E-state index in [4.69, 9.17) is 0 Å². The first-order valence-corrected chi connectivity index (χ1v) is 10.4. The number of nitrogens with zero attached hydrogens (tertiary/aromatic N) is 2. The average Bonchev–Trinajstić information content (AvgIpc) is 3.07. The number of rotatable bonds is 3. The second-order valence-electron chi connectivity index (χ2n) is 8.20. The van der Waals surface area contributed by atoms with Gasteiger partial charge in [-0.05, 0) is 55.3 Å². The first kappa shape index (κ1) is 19.2. The molecule has 2 heterocycles. The molecule has 0 amide bonds. The Morgan fingerprint density at radius 3 is 2.10 bits per heavy atom. The second kappa shape index (κ2) is 7.49. The number of hydrogen-bond donors (Lipinski definition) is 1. The van der Waals surface area contributed by atoms with Crippen LogP contribution in [0.2, 0.25) is 0 Å². The molecule has 4 aromatic rings. The van der Waals surface area contributed by atoms with Crippen LogP contribution in [-0.4, -0.2) is 33.8 Å². The van der Waals surface area contributed by atoms with Crippen molar-refractivity contribution in [1.29, 1.82) is 0 Å². The lowest BCUT2D eigenvalue weighted by Gasteiger charge is -2.40. The normalized spacial score (nSPS) is 21.3. The first-order valence-electron chi connectivity index (χ1n) is 10.4. The van der Waals surface area contributed by atoms with Gasteiger partial charge in [0.1, 0.15) is 11.6 Å². The highest BCUT2D eigenvalue weighted by Gasteiger charge is 2.33. The van der Waals surface area contributed by atoms with E-state index in [9.17, 15) is 13.9 Å². The molecule has 0 radical (unpaired) electrons. The van der Waals surface area contributed by atoms with Crippen molar-refractivity contribution in [2.24, 2.45) is 0 Å². The van der Waals surface area contributed by atoms with Crippen LogP contribution in [0.15, 0.2) is 66.7 Å². The van der Waals surface area contributed by atoms with Gasteiger partial charge in [0.05, 0.1) is 12.1 Å². The Balaban J connectivity index is 1.61. The highest BCUT2D eigenvalue weighted by Crippen LogP contribution is 2.37. The molecule has 5 heteroatoms. The van der Waals surface area contributed by atoms with Crippen molar-refractivity contribution in [3.8, 4) is 0 Å². The number of hydrogen-bond acceptors (Lipinski definition) is 2. The highest BCUT2D eigenvalue weighted by atomic mass is 19.1. The van der Waals surface area contributed by atoms with Crippen LogP contribution in [0.5, 0.6) is 0 Å². The fraction of sp³-hybridized carbons (Fsp3) is 0.280. The van der Waals surface area contributed by atoms with Crippen LogP contribution in [0.3, 0.4) is 0 Å². The van der Waals surface area contributed by atoms with E-state index in [1.165, 1.54) is 29.8 Å². The number of aliphatic hydroxyl groups is 1. The van der Waals surface area contributed by atoms with E-state index in [0.29, 0.717) is 23.7 Å². The third kappa shape index (κ3) is 3.18. The fourth-order valence-corrected chi connectivity index (χ4v) is 4.85. The van der Waals surface area contributed by atoms with Gasteiger partial charge in [0.25, 0.3) is 0 Å². The zero-order valence-corrected chi connectivity index (χ0v) is 16.8. The molecule has 154 valence electrons. The number of benzene rings is 3. The summed E-state index contributed by atoms with van der Waals surface area (Å²) in [5.74, 6) is -0.705. The summed E-state index contributed by atoms with van der Waals surface area (Å²) >= 11 is 0. The molecule has 0 spiro atoms. The number of aromatic nitrogens is 1. The summed E-state index contributed by atoms with van der Waals surface area (Å²) in [6, 6.07) is 19.6. The maximum Gasteiger partial charge on any atom is 0.123 e. The van der Waals surface area contributed by atoms with Crippen LogP contribution in [-0.2, 0) is 0 Å². The molecule has 1 aromatic heterocycles. The van der Waals surface area contributed by atoms with E-state index in [2.05, 4.69) is 28.5 Å². The van der Waals surface area contributed by atoms with Gasteiger partial charge in [0.2, 0.25) is 0 Å². The van der Waals surface area contributed by atoms with Crippen molar-refractivity contribution in [1.82, 2.24) is 9.47 Å². The molecule has 1 N–H and O–H groups in total. The minimum Gasteiger partial charge on any atom is -0.391 e. The molecule has 1 unspecified atom stereocenters. The third-order valence-electron chi connectivity index (χ3n) is 6.47. The number of aliphatic hydroxyl groups excluding tert-OH is 1. The standard InChI is InChI=1S/C25H24F2N2O/c1-16(17-5-3-2-4-6-17)28-12-11-25(30)24(15-28)29-22-9-7-18(26)13-20(22)21-14-19(27)8-10-23(21)29/h2-10,13-14,16,24-25,30H,11-12,15H2,1H3/t16?,24-,25-/m1/s1. The summed E-state index contributed by atoms with van der Waals surface area (Å²) in [6.07, 6.45) is 0.115. The summed E-state index contributed by atoms with van der Waals surface area (Å²) in [5.41, 5.74) is 2.87. The molecule has 30 heavy (non-hydrogen) atoms. The second-order valence-corrected chi connectivity index (χ2v) is 8.20. The Kier molecular flexibility index (Phi) is 4.80. The maximum atomic E-state index is 14.0. The van der Waals surface area contributed by atoms with Gasteiger partial charge < -0.3 is 9.67 Å².